The maximum absolute atomic E-state index is 12.6. The first-order chi connectivity index (χ1) is 11.1. The zero-order chi connectivity index (χ0) is 16.0. The van der Waals surface area contributed by atoms with E-state index in [0.29, 0.717) is 36.6 Å². The van der Waals surface area contributed by atoms with E-state index >= 15 is 0 Å². The van der Waals surface area contributed by atoms with Gasteiger partial charge in [0.05, 0.1) is 6.04 Å². The lowest BCUT2D eigenvalue weighted by atomic mass is 10.2. The molecule has 1 aromatic carbocycles. The number of cyclic esters (lactones) is 1. The number of hydrogen-bond donors (Lipinski definition) is 0. The Bertz CT molecular complexity index is 687. The van der Waals surface area contributed by atoms with Crippen molar-refractivity contribution in [3.63, 3.8) is 0 Å². The predicted octanol–water partition coefficient (Wildman–Crippen LogP) is 0.609. The minimum Gasteiger partial charge on any atom is -0.454 e. The topological polar surface area (TPSA) is 85.4 Å². The molecule has 8 nitrogen and oxygen atoms in total. The minimum absolute atomic E-state index is 0.151. The summed E-state index contributed by atoms with van der Waals surface area (Å²) in [4.78, 5) is 38.6. The lowest BCUT2D eigenvalue weighted by molar-refractivity contribution is -0.127. The normalized spacial score (nSPS) is 22.7. The summed E-state index contributed by atoms with van der Waals surface area (Å²) in [6, 6.07) is 4.70. The minimum atomic E-state index is -0.627. The van der Waals surface area contributed by atoms with E-state index < -0.39 is 6.09 Å². The quantitative estimate of drug-likeness (QED) is 0.794. The predicted molar refractivity (Wildman–Crippen MR) is 75.1 cm³/mol. The molecule has 4 rings (SSSR count). The molecular formula is C15H14N2O6. The average Bonchev–Trinajstić information content (AvgIpc) is 3.26. The van der Waals surface area contributed by atoms with Gasteiger partial charge in [-0.3, -0.25) is 9.59 Å². The van der Waals surface area contributed by atoms with E-state index in [-0.39, 0.29) is 31.3 Å². The van der Waals surface area contributed by atoms with Gasteiger partial charge in [-0.25, -0.2) is 9.69 Å². The van der Waals surface area contributed by atoms with Gasteiger partial charge >= 0.3 is 6.09 Å². The van der Waals surface area contributed by atoms with Gasteiger partial charge in [-0.05, 0) is 24.6 Å². The third-order valence-electron chi connectivity index (χ3n) is 4.22. The zero-order valence-electron chi connectivity index (χ0n) is 12.2. The second-order valence-electron chi connectivity index (χ2n) is 5.58. The van der Waals surface area contributed by atoms with Crippen LogP contribution >= 0.6 is 0 Å². The Morgan fingerprint density at radius 3 is 2.74 bits per heavy atom. The summed E-state index contributed by atoms with van der Waals surface area (Å²) in [5.74, 6) is 0.652. The van der Waals surface area contributed by atoms with Crippen molar-refractivity contribution in [1.82, 2.24) is 9.80 Å². The Hall–Kier alpha value is -2.77. The molecule has 8 heteroatoms. The largest absolute Gasteiger partial charge is 0.454 e. The van der Waals surface area contributed by atoms with Crippen molar-refractivity contribution >= 4 is 17.9 Å². The molecule has 2 saturated heterocycles. The number of carbonyl (C=O) groups excluding carboxylic acids is 3. The number of hydrogen-bond acceptors (Lipinski definition) is 6. The number of fused-ring (bicyclic) bond motifs is 1. The van der Waals surface area contributed by atoms with Crippen LogP contribution in [-0.4, -0.2) is 60.2 Å². The fourth-order valence-corrected chi connectivity index (χ4v) is 3.07. The Balaban J connectivity index is 1.48. The molecule has 0 N–H and O–H groups in total. The number of likely N-dealkylation sites (tertiary alicyclic amines) is 1. The molecule has 23 heavy (non-hydrogen) atoms. The van der Waals surface area contributed by atoms with E-state index in [2.05, 4.69) is 0 Å². The summed E-state index contributed by atoms with van der Waals surface area (Å²) in [6.45, 7) is 0.729. The first-order valence-corrected chi connectivity index (χ1v) is 7.31. The molecule has 3 aliphatic rings. The molecule has 1 atom stereocenters. The molecular weight excluding hydrogens is 304 g/mol. The Kier molecular flexibility index (Phi) is 3.10. The van der Waals surface area contributed by atoms with Gasteiger partial charge in [0.2, 0.25) is 6.79 Å². The van der Waals surface area contributed by atoms with Gasteiger partial charge in [0.25, 0.3) is 11.8 Å². The molecule has 0 radical (unpaired) electrons. The van der Waals surface area contributed by atoms with Crippen molar-refractivity contribution < 1.29 is 28.6 Å². The smallest absolute Gasteiger partial charge is 0.417 e. The second kappa shape index (κ2) is 5.15. The summed E-state index contributed by atoms with van der Waals surface area (Å²) in [7, 11) is 0. The van der Waals surface area contributed by atoms with Crippen LogP contribution in [0.1, 0.15) is 16.8 Å². The monoisotopic (exact) mass is 318 g/mol. The van der Waals surface area contributed by atoms with Gasteiger partial charge < -0.3 is 19.1 Å². The molecule has 0 spiro atoms. The van der Waals surface area contributed by atoms with Gasteiger partial charge in [0, 0.05) is 18.7 Å². The second-order valence-corrected chi connectivity index (χ2v) is 5.58. The number of imide groups is 1. The summed E-state index contributed by atoms with van der Waals surface area (Å²) in [5.41, 5.74) is 0.491. The van der Waals surface area contributed by atoms with Crippen LogP contribution in [0.25, 0.3) is 0 Å². The molecule has 3 amide bonds. The van der Waals surface area contributed by atoms with Gasteiger partial charge in [-0.2, -0.15) is 0 Å². The number of nitrogens with zero attached hydrogens (tertiary/aromatic N) is 2. The highest BCUT2D eigenvalue weighted by molar-refractivity contribution is 5.99. The van der Waals surface area contributed by atoms with Crippen LogP contribution in [0.15, 0.2) is 18.2 Å². The first-order valence-electron chi connectivity index (χ1n) is 7.31. The molecule has 0 bridgehead atoms. The van der Waals surface area contributed by atoms with Crippen LogP contribution in [0, 0.1) is 0 Å². The van der Waals surface area contributed by atoms with E-state index in [4.69, 9.17) is 14.2 Å². The Morgan fingerprint density at radius 2 is 1.96 bits per heavy atom. The van der Waals surface area contributed by atoms with E-state index in [0.717, 1.165) is 4.90 Å². The summed E-state index contributed by atoms with van der Waals surface area (Å²) in [6.07, 6.45) is -0.0747. The fourth-order valence-electron chi connectivity index (χ4n) is 3.07. The number of benzene rings is 1. The molecule has 0 aromatic heterocycles. The van der Waals surface area contributed by atoms with Crippen molar-refractivity contribution in [1.29, 1.82) is 0 Å². The van der Waals surface area contributed by atoms with E-state index in [1.165, 1.54) is 0 Å². The summed E-state index contributed by atoms with van der Waals surface area (Å²) in [5, 5.41) is 0. The van der Waals surface area contributed by atoms with Crippen LogP contribution in [0.2, 0.25) is 0 Å². The Morgan fingerprint density at radius 1 is 1.13 bits per heavy atom. The number of amides is 3. The number of rotatable bonds is 2. The molecule has 0 unspecified atom stereocenters. The molecule has 120 valence electrons. The SMILES string of the molecule is O=C(c1ccc2c(c1)OCO2)N1CC[C@H](N2C(=O)COC2=O)C1. The Labute approximate surface area is 131 Å². The highest BCUT2D eigenvalue weighted by Gasteiger charge is 2.41. The highest BCUT2D eigenvalue weighted by atomic mass is 16.7. The molecule has 2 fully saturated rings. The van der Waals surface area contributed by atoms with Gasteiger partial charge in [-0.15, -0.1) is 0 Å². The summed E-state index contributed by atoms with van der Waals surface area (Å²) < 4.78 is 15.2. The molecule has 1 aromatic rings. The zero-order valence-corrected chi connectivity index (χ0v) is 12.2. The fraction of sp³-hybridized carbons (Fsp3) is 0.400. The van der Waals surface area contributed by atoms with Gasteiger partial charge in [-0.1, -0.05) is 0 Å². The van der Waals surface area contributed by atoms with Crippen LogP contribution in [0.3, 0.4) is 0 Å². The van der Waals surface area contributed by atoms with Gasteiger partial charge in [0.15, 0.2) is 18.1 Å². The van der Waals surface area contributed by atoms with Crippen molar-refractivity contribution in [2.45, 2.75) is 12.5 Å². The number of ether oxygens (including phenoxy) is 3. The lowest BCUT2D eigenvalue weighted by Crippen LogP contribution is -2.42. The molecule has 3 heterocycles. The van der Waals surface area contributed by atoms with E-state index in [1.54, 1.807) is 23.1 Å². The van der Waals surface area contributed by atoms with Crippen LogP contribution < -0.4 is 9.47 Å². The first kappa shape index (κ1) is 13.9. The van der Waals surface area contributed by atoms with Crippen LogP contribution in [-0.2, 0) is 9.53 Å². The van der Waals surface area contributed by atoms with Crippen molar-refractivity contribution in [3.8, 4) is 11.5 Å². The third-order valence-corrected chi connectivity index (χ3v) is 4.22. The standard InChI is InChI=1S/C15H14N2O6/c18-13-7-21-15(20)17(13)10-3-4-16(6-10)14(19)9-1-2-11-12(5-9)23-8-22-11/h1-2,5,10H,3-4,6-8H2/t10-/m0/s1. The van der Waals surface area contributed by atoms with Gasteiger partial charge in [0.1, 0.15) is 0 Å². The number of carbonyl (C=O) groups is 3. The molecule has 3 aliphatic heterocycles. The van der Waals surface area contributed by atoms with E-state index in [1.807, 2.05) is 0 Å². The van der Waals surface area contributed by atoms with Crippen molar-refractivity contribution in [3.05, 3.63) is 23.8 Å². The maximum atomic E-state index is 12.6. The average molecular weight is 318 g/mol. The molecule has 0 saturated carbocycles. The van der Waals surface area contributed by atoms with Crippen LogP contribution in [0.4, 0.5) is 4.79 Å². The van der Waals surface area contributed by atoms with E-state index in [9.17, 15) is 14.4 Å². The van der Waals surface area contributed by atoms with Crippen molar-refractivity contribution in [2.75, 3.05) is 26.5 Å². The van der Waals surface area contributed by atoms with Crippen molar-refractivity contribution in [2.24, 2.45) is 0 Å². The third kappa shape index (κ3) is 2.26. The lowest BCUT2D eigenvalue weighted by Gasteiger charge is -2.20. The highest BCUT2D eigenvalue weighted by Crippen LogP contribution is 2.33. The molecule has 0 aliphatic carbocycles. The van der Waals surface area contributed by atoms with Crippen LogP contribution in [0.5, 0.6) is 11.5 Å². The maximum Gasteiger partial charge on any atom is 0.417 e. The summed E-state index contributed by atoms with van der Waals surface area (Å²) >= 11 is 0.